The third kappa shape index (κ3) is 6.31. The van der Waals surface area contributed by atoms with E-state index in [1.54, 1.807) is 24.3 Å². The minimum atomic E-state index is -0.541. The summed E-state index contributed by atoms with van der Waals surface area (Å²) in [4.78, 5) is 35.8. The number of rotatable bonds is 8. The Kier molecular flexibility index (Phi) is 7.87. The molecule has 7 nitrogen and oxygen atoms in total. The Bertz CT molecular complexity index is 647. The molecule has 0 bridgehead atoms. The summed E-state index contributed by atoms with van der Waals surface area (Å²) in [6.07, 6.45) is 1.92. The van der Waals surface area contributed by atoms with Crippen LogP contribution in [-0.2, 0) is 19.1 Å². The van der Waals surface area contributed by atoms with E-state index in [1.165, 1.54) is 7.11 Å². The van der Waals surface area contributed by atoms with Crippen LogP contribution in [0, 0.1) is 0 Å². The largest absolute Gasteiger partial charge is 0.469 e. The van der Waals surface area contributed by atoms with E-state index in [9.17, 15) is 14.4 Å². The maximum atomic E-state index is 12.2. The van der Waals surface area contributed by atoms with Crippen molar-refractivity contribution < 1.29 is 19.1 Å². The van der Waals surface area contributed by atoms with Gasteiger partial charge in [0.15, 0.2) is 0 Å². The zero-order chi connectivity index (χ0) is 18.9. The molecule has 1 aromatic carbocycles. The van der Waals surface area contributed by atoms with Gasteiger partial charge in [0.25, 0.3) is 0 Å². The van der Waals surface area contributed by atoms with Crippen LogP contribution >= 0.6 is 11.6 Å². The van der Waals surface area contributed by atoms with Crippen LogP contribution in [0.25, 0.3) is 0 Å². The Morgan fingerprint density at radius 2 is 2.19 bits per heavy atom. The number of halogens is 1. The Morgan fingerprint density at radius 3 is 2.85 bits per heavy atom. The molecule has 3 N–H and O–H groups in total. The predicted molar refractivity (Wildman–Crippen MR) is 97.6 cm³/mol. The average molecular weight is 382 g/mol. The fourth-order valence-corrected chi connectivity index (χ4v) is 3.02. The molecule has 0 saturated carbocycles. The Balaban J connectivity index is 1.86. The Labute approximate surface area is 157 Å². The van der Waals surface area contributed by atoms with E-state index in [0.717, 1.165) is 24.9 Å². The van der Waals surface area contributed by atoms with E-state index in [1.807, 2.05) is 0 Å². The van der Waals surface area contributed by atoms with Gasteiger partial charge >= 0.3 is 5.97 Å². The van der Waals surface area contributed by atoms with Crippen LogP contribution in [-0.4, -0.2) is 44.0 Å². The topological polar surface area (TPSA) is 96.5 Å². The van der Waals surface area contributed by atoms with E-state index >= 15 is 0 Å². The lowest BCUT2D eigenvalue weighted by Crippen LogP contribution is -2.42. The van der Waals surface area contributed by atoms with Gasteiger partial charge in [0, 0.05) is 18.0 Å². The van der Waals surface area contributed by atoms with Crippen molar-refractivity contribution in [3.05, 3.63) is 34.9 Å². The van der Waals surface area contributed by atoms with Gasteiger partial charge in [0.2, 0.25) is 11.8 Å². The first kappa shape index (κ1) is 20.2. The van der Waals surface area contributed by atoms with Crippen LogP contribution in [0.1, 0.15) is 37.3 Å². The van der Waals surface area contributed by atoms with E-state index < -0.39 is 12.0 Å². The van der Waals surface area contributed by atoms with Gasteiger partial charge in [-0.3, -0.25) is 14.4 Å². The minimum Gasteiger partial charge on any atom is -0.469 e. The van der Waals surface area contributed by atoms with E-state index in [-0.39, 0.29) is 37.2 Å². The molecule has 0 aromatic heterocycles. The second-order valence-electron chi connectivity index (χ2n) is 6.15. The molecule has 1 saturated heterocycles. The smallest absolute Gasteiger partial charge is 0.307 e. The molecule has 1 heterocycles. The van der Waals surface area contributed by atoms with Crippen LogP contribution in [0.15, 0.2) is 24.3 Å². The molecule has 2 atom stereocenters. The number of nitrogens with one attached hydrogen (secondary N) is 3. The standard InChI is InChI=1S/C18H24ClN3O4/c1-26-17(24)11-15(12-4-2-5-13(19)10-12)22-16(23)7-9-21-18(25)14-6-3-8-20-14/h2,4-5,10,14-15,20H,3,6-9,11H2,1H3,(H,21,25)(H,22,23). The minimum absolute atomic E-state index is 0.000928. The molecule has 2 rings (SSSR count). The Morgan fingerprint density at radius 1 is 1.38 bits per heavy atom. The summed E-state index contributed by atoms with van der Waals surface area (Å²) in [6.45, 7) is 1.08. The van der Waals surface area contributed by atoms with Gasteiger partial charge in [-0.05, 0) is 37.1 Å². The van der Waals surface area contributed by atoms with Crippen molar-refractivity contribution >= 4 is 29.4 Å². The van der Waals surface area contributed by atoms with Crippen LogP contribution < -0.4 is 16.0 Å². The molecule has 2 amide bonds. The number of carbonyl (C=O) groups excluding carboxylic acids is 3. The highest BCUT2D eigenvalue weighted by Crippen LogP contribution is 2.21. The maximum Gasteiger partial charge on any atom is 0.307 e. The molecule has 0 radical (unpaired) electrons. The number of hydrogen-bond acceptors (Lipinski definition) is 5. The number of hydrogen-bond donors (Lipinski definition) is 3. The molecule has 0 aliphatic carbocycles. The summed E-state index contributed by atoms with van der Waals surface area (Å²) in [5.41, 5.74) is 0.718. The first-order valence-corrected chi connectivity index (χ1v) is 9.00. The van der Waals surface area contributed by atoms with Crippen molar-refractivity contribution in [1.29, 1.82) is 0 Å². The third-order valence-electron chi connectivity index (χ3n) is 4.21. The van der Waals surface area contributed by atoms with Crippen molar-refractivity contribution in [3.63, 3.8) is 0 Å². The van der Waals surface area contributed by atoms with Crippen LogP contribution in [0.5, 0.6) is 0 Å². The van der Waals surface area contributed by atoms with Crippen molar-refractivity contribution in [2.24, 2.45) is 0 Å². The van der Waals surface area contributed by atoms with E-state index in [2.05, 4.69) is 16.0 Å². The predicted octanol–water partition coefficient (Wildman–Crippen LogP) is 1.32. The summed E-state index contributed by atoms with van der Waals surface area (Å²) in [6, 6.07) is 6.24. The van der Waals surface area contributed by atoms with Gasteiger partial charge in [-0.25, -0.2) is 0 Å². The number of methoxy groups -OCH3 is 1. The molecular formula is C18H24ClN3O4. The van der Waals surface area contributed by atoms with Crippen molar-refractivity contribution in [1.82, 2.24) is 16.0 Å². The normalized spacial score (nSPS) is 17.4. The highest BCUT2D eigenvalue weighted by atomic mass is 35.5. The molecule has 0 spiro atoms. The fourth-order valence-electron chi connectivity index (χ4n) is 2.82. The lowest BCUT2D eigenvalue weighted by atomic mass is 10.0. The Hall–Kier alpha value is -2.12. The molecule has 26 heavy (non-hydrogen) atoms. The highest BCUT2D eigenvalue weighted by molar-refractivity contribution is 6.30. The SMILES string of the molecule is COC(=O)CC(NC(=O)CCNC(=O)C1CCCN1)c1cccc(Cl)c1. The van der Waals surface area contributed by atoms with Crippen LogP contribution in [0.2, 0.25) is 5.02 Å². The molecule has 142 valence electrons. The number of amides is 2. The van der Waals surface area contributed by atoms with Gasteiger partial charge in [-0.15, -0.1) is 0 Å². The summed E-state index contributed by atoms with van der Waals surface area (Å²) in [5.74, 6) is -0.786. The molecule has 1 aromatic rings. The number of carbonyl (C=O) groups is 3. The molecule has 2 unspecified atom stereocenters. The van der Waals surface area contributed by atoms with E-state index in [0.29, 0.717) is 5.02 Å². The van der Waals surface area contributed by atoms with Crippen LogP contribution in [0.4, 0.5) is 0 Å². The molecule has 1 aliphatic heterocycles. The van der Waals surface area contributed by atoms with Gasteiger partial charge in [0.05, 0.1) is 25.6 Å². The molecule has 1 aliphatic rings. The summed E-state index contributed by atoms with van der Waals surface area (Å²) >= 11 is 5.99. The van der Waals surface area contributed by atoms with Crippen molar-refractivity contribution in [2.45, 2.75) is 37.8 Å². The molecule has 8 heteroatoms. The first-order valence-electron chi connectivity index (χ1n) is 8.62. The zero-order valence-electron chi connectivity index (χ0n) is 14.7. The number of benzene rings is 1. The first-order chi connectivity index (χ1) is 12.5. The van der Waals surface area contributed by atoms with Crippen molar-refractivity contribution in [2.75, 3.05) is 20.2 Å². The third-order valence-corrected chi connectivity index (χ3v) is 4.45. The molecule has 1 fully saturated rings. The zero-order valence-corrected chi connectivity index (χ0v) is 15.5. The van der Waals surface area contributed by atoms with E-state index in [4.69, 9.17) is 16.3 Å². The number of esters is 1. The summed E-state index contributed by atoms with van der Waals surface area (Å²) in [5, 5.41) is 9.18. The second-order valence-corrected chi connectivity index (χ2v) is 6.58. The quantitative estimate of drug-likeness (QED) is 0.590. The van der Waals surface area contributed by atoms with Crippen molar-refractivity contribution in [3.8, 4) is 0 Å². The van der Waals surface area contributed by atoms with Gasteiger partial charge in [-0.1, -0.05) is 23.7 Å². The summed E-state index contributed by atoms with van der Waals surface area (Å²) in [7, 11) is 1.30. The summed E-state index contributed by atoms with van der Waals surface area (Å²) < 4.78 is 4.70. The second kappa shape index (κ2) is 10.1. The molecular weight excluding hydrogens is 358 g/mol. The lowest BCUT2D eigenvalue weighted by molar-refractivity contribution is -0.141. The number of ether oxygens (including phenoxy) is 1. The maximum absolute atomic E-state index is 12.2. The lowest BCUT2D eigenvalue weighted by Gasteiger charge is -2.19. The monoisotopic (exact) mass is 381 g/mol. The van der Waals surface area contributed by atoms with Gasteiger partial charge < -0.3 is 20.7 Å². The average Bonchev–Trinajstić information content (AvgIpc) is 3.15. The van der Waals surface area contributed by atoms with Gasteiger partial charge in [-0.2, -0.15) is 0 Å². The fraction of sp³-hybridized carbons (Fsp3) is 0.500. The van der Waals surface area contributed by atoms with Crippen LogP contribution in [0.3, 0.4) is 0 Å². The highest BCUT2D eigenvalue weighted by Gasteiger charge is 2.22. The van der Waals surface area contributed by atoms with Gasteiger partial charge in [0.1, 0.15) is 0 Å².